The lowest BCUT2D eigenvalue weighted by Gasteiger charge is -2.08. The lowest BCUT2D eigenvalue weighted by Crippen LogP contribution is -1.97. The Labute approximate surface area is 135 Å². The van der Waals surface area contributed by atoms with Crippen LogP contribution in [0.1, 0.15) is 25.7 Å². The van der Waals surface area contributed by atoms with Crippen molar-refractivity contribution in [1.29, 1.82) is 0 Å². The summed E-state index contributed by atoms with van der Waals surface area (Å²) in [5, 5.41) is 1.55. The summed E-state index contributed by atoms with van der Waals surface area (Å²) in [7, 11) is 0. The van der Waals surface area contributed by atoms with E-state index < -0.39 is 0 Å². The Balaban J connectivity index is 1.79. The number of H-pyrrole nitrogens is 1. The number of benzene rings is 1. The fraction of sp³-hybridized carbons (Fsp3) is 0.188. The minimum atomic E-state index is 0.0907. The first kappa shape index (κ1) is 13.4. The van der Waals surface area contributed by atoms with Gasteiger partial charge in [0.2, 0.25) is 5.78 Å². The predicted molar refractivity (Wildman–Crippen MR) is 90.9 cm³/mol. The summed E-state index contributed by atoms with van der Waals surface area (Å²) in [5.41, 5.74) is 2.98. The average molecular weight is 334 g/mol. The number of thioether (sulfide) groups is 1. The zero-order chi connectivity index (χ0) is 14.4. The summed E-state index contributed by atoms with van der Waals surface area (Å²) >= 11 is 9.64. The Kier molecular flexibility index (Phi) is 3.32. The molecule has 106 valence electrons. The number of hydrogen-bond donors (Lipinski definition) is 1. The van der Waals surface area contributed by atoms with Crippen LogP contribution in [-0.4, -0.2) is 16.5 Å². The van der Waals surface area contributed by atoms with Crippen molar-refractivity contribution in [2.45, 2.75) is 12.2 Å². The van der Waals surface area contributed by atoms with E-state index in [1.807, 2.05) is 30.0 Å². The fourth-order valence-electron chi connectivity index (χ4n) is 2.67. The minimum Gasteiger partial charge on any atom is -0.360 e. The summed E-state index contributed by atoms with van der Waals surface area (Å²) in [6.07, 6.45) is 2.87. The van der Waals surface area contributed by atoms with E-state index in [2.05, 4.69) is 11.1 Å². The van der Waals surface area contributed by atoms with Crippen LogP contribution in [0.25, 0.3) is 10.9 Å². The highest BCUT2D eigenvalue weighted by Crippen LogP contribution is 2.34. The van der Waals surface area contributed by atoms with E-state index in [9.17, 15) is 4.79 Å². The average Bonchev–Trinajstić information content (AvgIpc) is 3.09. The van der Waals surface area contributed by atoms with Crippen LogP contribution < -0.4 is 0 Å². The zero-order valence-electron chi connectivity index (χ0n) is 11.1. The van der Waals surface area contributed by atoms with Crippen LogP contribution in [0.4, 0.5) is 0 Å². The monoisotopic (exact) mass is 333 g/mol. The van der Waals surface area contributed by atoms with Crippen LogP contribution in [0.2, 0.25) is 5.02 Å². The maximum atomic E-state index is 12.8. The second-order valence-corrected chi connectivity index (χ2v) is 7.76. The van der Waals surface area contributed by atoms with Crippen LogP contribution in [0.3, 0.4) is 0 Å². The summed E-state index contributed by atoms with van der Waals surface area (Å²) in [6.45, 7) is 0. The topological polar surface area (TPSA) is 32.9 Å². The largest absolute Gasteiger partial charge is 0.360 e. The summed E-state index contributed by atoms with van der Waals surface area (Å²) in [5.74, 6) is 2.27. The number of hydrogen-bond acceptors (Lipinski definition) is 3. The van der Waals surface area contributed by atoms with Crippen molar-refractivity contribution in [2.75, 3.05) is 5.75 Å². The Morgan fingerprint density at radius 2 is 2.19 bits per heavy atom. The van der Waals surface area contributed by atoms with Crippen molar-refractivity contribution < 1.29 is 4.79 Å². The van der Waals surface area contributed by atoms with Gasteiger partial charge in [-0.2, -0.15) is 11.8 Å². The van der Waals surface area contributed by atoms with Gasteiger partial charge >= 0.3 is 0 Å². The number of fused-ring (bicyclic) bond motifs is 2. The van der Waals surface area contributed by atoms with Crippen LogP contribution in [0.5, 0.6) is 0 Å². The zero-order valence-corrected chi connectivity index (χ0v) is 13.5. The van der Waals surface area contributed by atoms with Crippen molar-refractivity contribution >= 4 is 51.4 Å². The standard InChI is InChI=1S/C16H12ClNOS2/c17-10-1-2-13-11(6-10)12(7-18-13)16(19)15-5-9-8-20-4-3-14(9)21-15/h1-2,5-7,18H,3-4,8H2. The van der Waals surface area contributed by atoms with E-state index >= 15 is 0 Å². The summed E-state index contributed by atoms with van der Waals surface area (Å²) in [6, 6.07) is 7.65. The van der Waals surface area contributed by atoms with Crippen LogP contribution in [0, 0.1) is 0 Å². The summed E-state index contributed by atoms with van der Waals surface area (Å²) in [4.78, 5) is 18.1. The molecule has 0 saturated carbocycles. The number of ketones is 1. The van der Waals surface area contributed by atoms with Crippen molar-refractivity contribution in [3.63, 3.8) is 0 Å². The number of aryl methyl sites for hydroxylation is 1. The van der Waals surface area contributed by atoms with E-state index in [4.69, 9.17) is 11.6 Å². The number of rotatable bonds is 2. The van der Waals surface area contributed by atoms with Gasteiger partial charge in [0.1, 0.15) is 0 Å². The third kappa shape index (κ3) is 2.31. The highest BCUT2D eigenvalue weighted by Gasteiger charge is 2.20. The number of thiophene rings is 1. The van der Waals surface area contributed by atoms with Gasteiger partial charge in [0.15, 0.2) is 0 Å². The SMILES string of the molecule is O=C(c1cc2c(s1)CCSC2)c1c[nH]c2ccc(Cl)cc12. The smallest absolute Gasteiger partial charge is 0.205 e. The van der Waals surface area contributed by atoms with Gasteiger partial charge in [0.05, 0.1) is 4.88 Å². The van der Waals surface area contributed by atoms with E-state index in [0.29, 0.717) is 10.6 Å². The van der Waals surface area contributed by atoms with Crippen molar-refractivity contribution in [2.24, 2.45) is 0 Å². The highest BCUT2D eigenvalue weighted by molar-refractivity contribution is 7.98. The molecule has 0 unspecified atom stereocenters. The van der Waals surface area contributed by atoms with Gasteiger partial charge in [-0.1, -0.05) is 11.6 Å². The Bertz CT molecular complexity index is 826. The van der Waals surface area contributed by atoms with Crippen LogP contribution in [0.15, 0.2) is 30.5 Å². The normalized spacial score (nSPS) is 14.3. The number of nitrogens with one attached hydrogen (secondary N) is 1. The lowest BCUT2D eigenvalue weighted by molar-refractivity contribution is 0.104. The van der Waals surface area contributed by atoms with Crippen LogP contribution in [-0.2, 0) is 12.2 Å². The number of carbonyl (C=O) groups is 1. The molecule has 0 atom stereocenters. The molecule has 0 spiro atoms. The molecule has 5 heteroatoms. The molecule has 2 aromatic heterocycles. The Hall–Kier alpha value is -1.23. The summed E-state index contributed by atoms with van der Waals surface area (Å²) < 4.78 is 0. The second-order valence-electron chi connectivity index (χ2n) is 5.08. The van der Waals surface area contributed by atoms with Gasteiger partial charge in [-0.3, -0.25) is 4.79 Å². The molecule has 1 aliphatic rings. The molecule has 1 aliphatic heterocycles. The van der Waals surface area contributed by atoms with Gasteiger partial charge < -0.3 is 4.98 Å². The third-order valence-electron chi connectivity index (χ3n) is 3.74. The van der Waals surface area contributed by atoms with Gasteiger partial charge in [-0.15, -0.1) is 11.3 Å². The minimum absolute atomic E-state index is 0.0907. The number of halogens is 1. The van der Waals surface area contributed by atoms with E-state index in [1.54, 1.807) is 17.5 Å². The predicted octanol–water partition coefficient (Wildman–Crippen LogP) is 4.90. The molecule has 0 aliphatic carbocycles. The molecular formula is C16H12ClNOS2. The van der Waals surface area contributed by atoms with Crippen molar-refractivity contribution in [3.05, 3.63) is 56.4 Å². The van der Waals surface area contributed by atoms with Crippen molar-refractivity contribution in [1.82, 2.24) is 4.98 Å². The Morgan fingerprint density at radius 3 is 3.05 bits per heavy atom. The molecular weight excluding hydrogens is 322 g/mol. The molecule has 21 heavy (non-hydrogen) atoms. The fourth-order valence-corrected chi connectivity index (χ4v) is 5.17. The molecule has 0 amide bonds. The van der Waals surface area contributed by atoms with E-state index in [1.165, 1.54) is 10.4 Å². The number of carbonyl (C=O) groups excluding carboxylic acids is 1. The van der Waals surface area contributed by atoms with E-state index in [-0.39, 0.29) is 5.78 Å². The van der Waals surface area contributed by atoms with Gasteiger partial charge in [-0.05, 0) is 42.0 Å². The lowest BCUT2D eigenvalue weighted by atomic mass is 10.1. The van der Waals surface area contributed by atoms with Gasteiger partial charge in [0.25, 0.3) is 0 Å². The highest BCUT2D eigenvalue weighted by atomic mass is 35.5. The maximum absolute atomic E-state index is 12.8. The molecule has 3 aromatic rings. The van der Waals surface area contributed by atoms with Gasteiger partial charge in [-0.25, -0.2) is 0 Å². The first-order valence-electron chi connectivity index (χ1n) is 6.73. The van der Waals surface area contributed by atoms with E-state index in [0.717, 1.165) is 33.7 Å². The number of aromatic amines is 1. The molecule has 1 aromatic carbocycles. The maximum Gasteiger partial charge on any atom is 0.205 e. The quantitative estimate of drug-likeness (QED) is 0.676. The first-order valence-corrected chi connectivity index (χ1v) is 9.08. The third-order valence-corrected chi connectivity index (χ3v) is 6.22. The number of aromatic nitrogens is 1. The van der Waals surface area contributed by atoms with Crippen LogP contribution >= 0.6 is 34.7 Å². The molecule has 3 heterocycles. The molecule has 0 fully saturated rings. The van der Waals surface area contributed by atoms with Gasteiger partial charge in [0, 0.05) is 38.3 Å². The Morgan fingerprint density at radius 1 is 1.29 bits per heavy atom. The first-order chi connectivity index (χ1) is 10.2. The second kappa shape index (κ2) is 5.20. The molecule has 1 N–H and O–H groups in total. The molecule has 0 bridgehead atoms. The molecule has 0 radical (unpaired) electrons. The van der Waals surface area contributed by atoms with Crippen molar-refractivity contribution in [3.8, 4) is 0 Å². The molecule has 2 nitrogen and oxygen atoms in total. The molecule has 0 saturated heterocycles. The molecule has 4 rings (SSSR count).